The molecule has 1 aromatic rings. The molecule has 1 saturated heterocycles. The number of hydrogen-bond acceptors (Lipinski definition) is 2. The van der Waals surface area contributed by atoms with Crippen molar-refractivity contribution in [1.82, 2.24) is 15.5 Å². The zero-order chi connectivity index (χ0) is 17.6. The molecule has 0 saturated carbocycles. The number of hydrogen-bond donors (Lipinski definition) is 2. The lowest BCUT2D eigenvalue weighted by Crippen LogP contribution is -2.48. The van der Waals surface area contributed by atoms with Gasteiger partial charge in [-0.3, -0.25) is 4.79 Å². The predicted octanol–water partition coefficient (Wildman–Crippen LogP) is 2.42. The van der Waals surface area contributed by atoms with Gasteiger partial charge in [-0.1, -0.05) is 30.3 Å². The zero-order valence-corrected chi connectivity index (χ0v) is 15.0. The van der Waals surface area contributed by atoms with E-state index in [0.717, 1.165) is 25.9 Å². The van der Waals surface area contributed by atoms with Crippen LogP contribution in [0.1, 0.15) is 32.8 Å². The first-order chi connectivity index (χ1) is 11.4. The summed E-state index contributed by atoms with van der Waals surface area (Å²) in [7, 11) is 0. The minimum absolute atomic E-state index is 0.0336. The molecule has 2 N–H and O–H groups in total. The number of nitrogens with zero attached hydrogens (tertiary/aromatic N) is 1. The highest BCUT2D eigenvalue weighted by atomic mass is 16.2. The fourth-order valence-corrected chi connectivity index (χ4v) is 3.02. The van der Waals surface area contributed by atoms with E-state index < -0.39 is 5.41 Å². The maximum Gasteiger partial charge on any atom is 0.317 e. The van der Waals surface area contributed by atoms with Crippen LogP contribution in [0.15, 0.2) is 30.3 Å². The van der Waals surface area contributed by atoms with Crippen LogP contribution in [0.4, 0.5) is 4.79 Å². The third-order valence-electron chi connectivity index (χ3n) is 4.57. The molecule has 1 aliphatic rings. The van der Waals surface area contributed by atoms with Crippen LogP contribution in [-0.4, -0.2) is 43.0 Å². The van der Waals surface area contributed by atoms with Crippen LogP contribution in [0.3, 0.4) is 0 Å². The Balaban J connectivity index is 1.79. The Morgan fingerprint density at radius 3 is 2.58 bits per heavy atom. The number of benzene rings is 1. The van der Waals surface area contributed by atoms with Gasteiger partial charge in [-0.25, -0.2) is 4.79 Å². The summed E-state index contributed by atoms with van der Waals surface area (Å²) < 4.78 is 0. The Morgan fingerprint density at radius 1 is 1.21 bits per heavy atom. The van der Waals surface area contributed by atoms with Crippen molar-refractivity contribution in [1.29, 1.82) is 0 Å². The van der Waals surface area contributed by atoms with Gasteiger partial charge in [0, 0.05) is 26.2 Å². The number of rotatable bonds is 6. The number of amides is 3. The molecule has 24 heavy (non-hydrogen) atoms. The molecule has 1 heterocycles. The molecular weight excluding hydrogens is 302 g/mol. The Morgan fingerprint density at radius 2 is 1.92 bits per heavy atom. The van der Waals surface area contributed by atoms with Gasteiger partial charge in [0.05, 0.1) is 5.41 Å². The number of likely N-dealkylation sites (tertiary alicyclic amines) is 1. The molecule has 1 aliphatic heterocycles. The maximum absolute atomic E-state index is 12.4. The summed E-state index contributed by atoms with van der Waals surface area (Å²) in [6.45, 7) is 8.10. The fraction of sp³-hybridized carbons (Fsp3) is 0.579. The van der Waals surface area contributed by atoms with E-state index in [1.54, 1.807) is 0 Å². The van der Waals surface area contributed by atoms with Crippen LogP contribution in [0.25, 0.3) is 0 Å². The van der Waals surface area contributed by atoms with Gasteiger partial charge in [0.15, 0.2) is 0 Å². The van der Waals surface area contributed by atoms with Gasteiger partial charge in [0.1, 0.15) is 0 Å². The molecule has 1 unspecified atom stereocenters. The lowest BCUT2D eigenvalue weighted by Gasteiger charge is -2.25. The predicted molar refractivity (Wildman–Crippen MR) is 95.7 cm³/mol. The van der Waals surface area contributed by atoms with E-state index in [1.807, 2.05) is 31.7 Å². The van der Waals surface area contributed by atoms with Crippen molar-refractivity contribution < 1.29 is 9.59 Å². The van der Waals surface area contributed by atoms with Crippen LogP contribution in [0.5, 0.6) is 0 Å². The van der Waals surface area contributed by atoms with Crippen molar-refractivity contribution in [3.8, 4) is 0 Å². The molecule has 0 bridgehead atoms. The van der Waals surface area contributed by atoms with E-state index in [4.69, 9.17) is 0 Å². The van der Waals surface area contributed by atoms with Gasteiger partial charge in [-0.05, 0) is 45.1 Å². The SMILES string of the molecule is CCNC(=O)C(C)(C)CNC(=O)N1CCC(Cc2ccccc2)C1. The van der Waals surface area contributed by atoms with Crippen LogP contribution in [0, 0.1) is 11.3 Å². The minimum atomic E-state index is -0.602. The van der Waals surface area contributed by atoms with E-state index in [1.165, 1.54) is 5.56 Å². The summed E-state index contributed by atoms with van der Waals surface area (Å²) >= 11 is 0. The molecule has 5 nitrogen and oxygen atoms in total. The van der Waals surface area contributed by atoms with Crippen molar-refractivity contribution >= 4 is 11.9 Å². The summed E-state index contributed by atoms with van der Waals surface area (Å²) in [6.07, 6.45) is 2.04. The molecule has 1 atom stereocenters. The van der Waals surface area contributed by atoms with Gasteiger partial charge in [0.25, 0.3) is 0 Å². The standard InChI is InChI=1S/C19H29N3O2/c1-4-20-17(23)19(2,3)14-21-18(24)22-11-10-16(13-22)12-15-8-6-5-7-9-15/h5-9,16H,4,10-14H2,1-3H3,(H,20,23)(H,21,24). The normalized spacial score (nSPS) is 17.6. The highest BCUT2D eigenvalue weighted by molar-refractivity contribution is 5.83. The maximum atomic E-state index is 12.4. The van der Waals surface area contributed by atoms with Crippen molar-refractivity contribution in [2.75, 3.05) is 26.2 Å². The van der Waals surface area contributed by atoms with Gasteiger partial charge < -0.3 is 15.5 Å². The molecule has 132 valence electrons. The monoisotopic (exact) mass is 331 g/mol. The Bertz CT molecular complexity index is 557. The molecule has 0 spiro atoms. The number of urea groups is 1. The molecule has 0 radical (unpaired) electrons. The molecule has 0 aliphatic carbocycles. The third-order valence-corrected chi connectivity index (χ3v) is 4.57. The number of carbonyl (C=O) groups excluding carboxylic acids is 2. The quantitative estimate of drug-likeness (QED) is 0.841. The summed E-state index contributed by atoms with van der Waals surface area (Å²) in [6, 6.07) is 10.3. The lowest BCUT2D eigenvalue weighted by molar-refractivity contribution is -0.128. The first-order valence-electron chi connectivity index (χ1n) is 8.77. The first kappa shape index (κ1) is 18.3. The first-order valence-corrected chi connectivity index (χ1v) is 8.77. The molecule has 3 amide bonds. The molecule has 1 aromatic carbocycles. The van der Waals surface area contributed by atoms with Crippen LogP contribution < -0.4 is 10.6 Å². The number of nitrogens with one attached hydrogen (secondary N) is 2. The summed E-state index contributed by atoms with van der Waals surface area (Å²) in [5, 5.41) is 5.72. The Labute approximate surface area is 144 Å². The molecule has 2 rings (SSSR count). The lowest BCUT2D eigenvalue weighted by atomic mass is 9.92. The second-order valence-electron chi connectivity index (χ2n) is 7.19. The topological polar surface area (TPSA) is 61.4 Å². The second-order valence-corrected chi connectivity index (χ2v) is 7.19. The van der Waals surface area contributed by atoms with E-state index in [9.17, 15) is 9.59 Å². The minimum Gasteiger partial charge on any atom is -0.356 e. The van der Waals surface area contributed by atoms with Gasteiger partial charge >= 0.3 is 6.03 Å². The molecule has 0 aromatic heterocycles. The molecular formula is C19H29N3O2. The summed E-state index contributed by atoms with van der Waals surface area (Å²) in [5.74, 6) is 0.475. The van der Waals surface area contributed by atoms with Gasteiger partial charge in [0.2, 0.25) is 5.91 Å². The van der Waals surface area contributed by atoms with Gasteiger partial charge in [-0.2, -0.15) is 0 Å². The smallest absolute Gasteiger partial charge is 0.317 e. The van der Waals surface area contributed by atoms with Crippen molar-refractivity contribution in [3.63, 3.8) is 0 Å². The van der Waals surface area contributed by atoms with E-state index in [0.29, 0.717) is 19.0 Å². The summed E-state index contributed by atoms with van der Waals surface area (Å²) in [4.78, 5) is 26.2. The van der Waals surface area contributed by atoms with Crippen LogP contribution in [-0.2, 0) is 11.2 Å². The summed E-state index contributed by atoms with van der Waals surface area (Å²) in [5.41, 5.74) is 0.719. The van der Waals surface area contributed by atoms with E-state index in [2.05, 4.69) is 34.9 Å². The average molecular weight is 331 g/mol. The Kier molecular flexibility index (Phi) is 6.23. The second kappa shape index (κ2) is 8.18. The van der Waals surface area contributed by atoms with Crippen molar-refractivity contribution in [2.45, 2.75) is 33.6 Å². The molecule has 1 fully saturated rings. The van der Waals surface area contributed by atoms with Gasteiger partial charge in [-0.15, -0.1) is 0 Å². The molecule has 5 heteroatoms. The van der Waals surface area contributed by atoms with Crippen molar-refractivity contribution in [2.24, 2.45) is 11.3 Å². The highest BCUT2D eigenvalue weighted by Crippen LogP contribution is 2.21. The third kappa shape index (κ3) is 4.98. The van der Waals surface area contributed by atoms with Crippen LogP contribution >= 0.6 is 0 Å². The van der Waals surface area contributed by atoms with E-state index in [-0.39, 0.29) is 11.9 Å². The Hall–Kier alpha value is -2.04. The highest BCUT2D eigenvalue weighted by Gasteiger charge is 2.30. The fourth-order valence-electron chi connectivity index (χ4n) is 3.02. The van der Waals surface area contributed by atoms with Crippen LogP contribution in [0.2, 0.25) is 0 Å². The van der Waals surface area contributed by atoms with E-state index >= 15 is 0 Å². The number of carbonyl (C=O) groups is 2. The van der Waals surface area contributed by atoms with Crippen molar-refractivity contribution in [3.05, 3.63) is 35.9 Å². The average Bonchev–Trinajstić information content (AvgIpc) is 3.02. The zero-order valence-electron chi connectivity index (χ0n) is 15.0. The largest absolute Gasteiger partial charge is 0.356 e.